The molecule has 1 aliphatic rings. The van der Waals surface area contributed by atoms with Crippen molar-refractivity contribution >= 4 is 27.6 Å². The predicted octanol–water partition coefficient (Wildman–Crippen LogP) is 0.105. The molecule has 0 saturated carbocycles. The summed E-state index contributed by atoms with van der Waals surface area (Å²) in [5.74, 6) is -1.89. The van der Waals surface area contributed by atoms with Gasteiger partial charge in [0, 0.05) is 5.69 Å². The molecule has 102 valence electrons. The van der Waals surface area contributed by atoms with Crippen LogP contribution in [0.1, 0.15) is 18.4 Å². The van der Waals surface area contributed by atoms with E-state index >= 15 is 0 Å². The number of aliphatic carboxylic acids is 1. The molecule has 7 nitrogen and oxygen atoms in total. The number of sulfonamides is 1. The number of anilines is 1. The summed E-state index contributed by atoms with van der Waals surface area (Å²) in [7, 11) is -3.89. The largest absolute Gasteiger partial charge is 0.480 e. The number of amides is 1. The number of carboxylic acid groups (broad SMARTS) is 1. The third kappa shape index (κ3) is 2.59. The molecule has 0 saturated heterocycles. The molecule has 0 fully saturated rings. The fourth-order valence-electron chi connectivity index (χ4n) is 1.80. The molecule has 1 amide bonds. The van der Waals surface area contributed by atoms with Crippen molar-refractivity contribution < 1.29 is 23.1 Å². The number of carbonyl (C=O) groups is 2. The van der Waals surface area contributed by atoms with Gasteiger partial charge in [-0.15, -0.1) is 0 Å². The Morgan fingerprint density at radius 2 is 2.16 bits per heavy atom. The minimum absolute atomic E-state index is 0.0594. The lowest BCUT2D eigenvalue weighted by molar-refractivity contribution is -0.135. The van der Waals surface area contributed by atoms with Crippen molar-refractivity contribution in [3.63, 3.8) is 0 Å². The molecule has 19 heavy (non-hydrogen) atoms. The summed E-state index contributed by atoms with van der Waals surface area (Å²) < 4.78 is 25.6. The van der Waals surface area contributed by atoms with E-state index in [4.69, 9.17) is 5.11 Å². The van der Waals surface area contributed by atoms with Gasteiger partial charge < -0.3 is 10.4 Å². The van der Waals surface area contributed by atoms with E-state index in [1.807, 2.05) is 4.72 Å². The minimum Gasteiger partial charge on any atom is -0.480 e. The normalized spacial score (nSPS) is 17.9. The van der Waals surface area contributed by atoms with Gasteiger partial charge in [0.05, 0.1) is 10.8 Å². The Labute approximate surface area is 109 Å². The van der Waals surface area contributed by atoms with Crippen LogP contribution in [0, 0.1) is 0 Å². The van der Waals surface area contributed by atoms with E-state index in [-0.39, 0.29) is 10.8 Å². The molecule has 3 N–H and O–H groups in total. The predicted molar refractivity (Wildman–Crippen MR) is 66.3 cm³/mol. The fourth-order valence-corrected chi connectivity index (χ4v) is 2.81. The standard InChI is InChI=1S/C11H12N2O5S/c1-6-8-4-7(2-3-9(8)13-11(6)16)19(17,18)12-5-10(14)15/h2-4,6,12H,5H2,1H3,(H,13,16)(H,14,15). The van der Waals surface area contributed by atoms with Crippen molar-refractivity contribution in [1.82, 2.24) is 4.72 Å². The molecular weight excluding hydrogens is 272 g/mol. The summed E-state index contributed by atoms with van der Waals surface area (Å²) in [5.41, 5.74) is 1.16. The molecular formula is C11H12N2O5S. The summed E-state index contributed by atoms with van der Waals surface area (Å²) in [4.78, 5) is 21.8. The lowest BCUT2D eigenvalue weighted by atomic mass is 10.0. The van der Waals surface area contributed by atoms with E-state index in [0.29, 0.717) is 11.3 Å². The SMILES string of the molecule is CC1C(=O)Nc2ccc(S(=O)(=O)NCC(=O)O)cc21. The Bertz CT molecular complexity index is 653. The highest BCUT2D eigenvalue weighted by Crippen LogP contribution is 2.33. The van der Waals surface area contributed by atoms with Crippen LogP contribution >= 0.6 is 0 Å². The molecule has 1 heterocycles. The molecule has 0 bridgehead atoms. The van der Waals surface area contributed by atoms with Gasteiger partial charge in [0.1, 0.15) is 6.54 Å². The Morgan fingerprint density at radius 1 is 1.47 bits per heavy atom. The highest BCUT2D eigenvalue weighted by Gasteiger charge is 2.28. The average Bonchev–Trinajstić information content (AvgIpc) is 2.63. The van der Waals surface area contributed by atoms with Gasteiger partial charge in [-0.05, 0) is 30.7 Å². The van der Waals surface area contributed by atoms with Crippen LogP contribution in [-0.2, 0) is 19.6 Å². The number of fused-ring (bicyclic) bond motifs is 1. The zero-order chi connectivity index (χ0) is 14.2. The number of benzene rings is 1. The minimum atomic E-state index is -3.89. The second-order valence-corrected chi connectivity index (χ2v) is 5.95. The molecule has 0 spiro atoms. The van der Waals surface area contributed by atoms with Gasteiger partial charge in [-0.25, -0.2) is 8.42 Å². The number of rotatable bonds is 4. The van der Waals surface area contributed by atoms with Crippen molar-refractivity contribution in [3.05, 3.63) is 23.8 Å². The molecule has 0 aliphatic carbocycles. The number of hydrogen-bond acceptors (Lipinski definition) is 4. The number of hydrogen-bond donors (Lipinski definition) is 3. The van der Waals surface area contributed by atoms with Gasteiger partial charge in [-0.3, -0.25) is 9.59 Å². The Balaban J connectivity index is 2.33. The van der Waals surface area contributed by atoms with E-state index in [1.165, 1.54) is 18.2 Å². The molecule has 2 rings (SSSR count). The van der Waals surface area contributed by atoms with Gasteiger partial charge in [0.2, 0.25) is 15.9 Å². The van der Waals surface area contributed by atoms with E-state index in [9.17, 15) is 18.0 Å². The Hall–Kier alpha value is -1.93. The Kier molecular flexibility index (Phi) is 3.29. The second kappa shape index (κ2) is 4.63. The van der Waals surface area contributed by atoms with Crippen LogP contribution in [0.2, 0.25) is 0 Å². The van der Waals surface area contributed by atoms with Crippen LogP contribution in [0.25, 0.3) is 0 Å². The van der Waals surface area contributed by atoms with Gasteiger partial charge in [0.15, 0.2) is 0 Å². The Morgan fingerprint density at radius 3 is 2.79 bits per heavy atom. The summed E-state index contributed by atoms with van der Waals surface area (Å²) in [6.07, 6.45) is 0. The van der Waals surface area contributed by atoms with Crippen LogP contribution < -0.4 is 10.0 Å². The molecule has 0 aromatic heterocycles. The first-order valence-electron chi connectivity index (χ1n) is 5.47. The molecule has 8 heteroatoms. The molecule has 1 atom stereocenters. The van der Waals surface area contributed by atoms with Gasteiger partial charge in [-0.1, -0.05) is 0 Å². The molecule has 1 aliphatic heterocycles. The van der Waals surface area contributed by atoms with E-state index in [2.05, 4.69) is 5.32 Å². The van der Waals surface area contributed by atoms with Crippen LogP contribution in [-0.4, -0.2) is 31.9 Å². The summed E-state index contributed by atoms with van der Waals surface area (Å²) >= 11 is 0. The third-order valence-corrected chi connectivity index (χ3v) is 4.26. The first-order chi connectivity index (χ1) is 8.81. The number of carbonyl (C=O) groups excluding carboxylic acids is 1. The quantitative estimate of drug-likeness (QED) is 0.726. The first kappa shape index (κ1) is 13.5. The number of carboxylic acids is 1. The summed E-state index contributed by atoms with van der Waals surface area (Å²) in [6.45, 7) is 0.981. The van der Waals surface area contributed by atoms with E-state index < -0.39 is 28.5 Å². The summed E-state index contributed by atoms with van der Waals surface area (Å²) in [6, 6.07) is 4.19. The topological polar surface area (TPSA) is 113 Å². The lowest BCUT2D eigenvalue weighted by Crippen LogP contribution is -2.29. The maximum absolute atomic E-state index is 11.8. The van der Waals surface area contributed by atoms with Gasteiger partial charge in [0.25, 0.3) is 0 Å². The van der Waals surface area contributed by atoms with E-state index in [0.717, 1.165) is 0 Å². The van der Waals surface area contributed by atoms with E-state index in [1.54, 1.807) is 6.92 Å². The van der Waals surface area contributed by atoms with Gasteiger partial charge in [-0.2, -0.15) is 4.72 Å². The average molecular weight is 284 g/mol. The molecule has 1 aromatic carbocycles. The second-order valence-electron chi connectivity index (χ2n) is 4.18. The molecule has 0 radical (unpaired) electrons. The van der Waals surface area contributed by atoms with Crippen molar-refractivity contribution in [2.75, 3.05) is 11.9 Å². The first-order valence-corrected chi connectivity index (χ1v) is 6.96. The maximum Gasteiger partial charge on any atom is 0.318 e. The van der Waals surface area contributed by atoms with Crippen LogP contribution in [0.4, 0.5) is 5.69 Å². The number of nitrogens with one attached hydrogen (secondary N) is 2. The highest BCUT2D eigenvalue weighted by molar-refractivity contribution is 7.89. The molecule has 1 unspecified atom stereocenters. The fraction of sp³-hybridized carbons (Fsp3) is 0.273. The van der Waals surface area contributed by atoms with Crippen molar-refractivity contribution in [2.24, 2.45) is 0 Å². The monoisotopic (exact) mass is 284 g/mol. The van der Waals surface area contributed by atoms with Crippen LogP contribution in [0.5, 0.6) is 0 Å². The molecule has 1 aromatic rings. The van der Waals surface area contributed by atoms with Gasteiger partial charge >= 0.3 is 5.97 Å². The van der Waals surface area contributed by atoms with Crippen molar-refractivity contribution in [2.45, 2.75) is 17.7 Å². The highest BCUT2D eigenvalue weighted by atomic mass is 32.2. The maximum atomic E-state index is 11.8. The smallest absolute Gasteiger partial charge is 0.318 e. The van der Waals surface area contributed by atoms with Crippen molar-refractivity contribution in [3.8, 4) is 0 Å². The zero-order valence-electron chi connectivity index (χ0n) is 10.0. The summed E-state index contributed by atoms with van der Waals surface area (Å²) in [5, 5.41) is 11.1. The van der Waals surface area contributed by atoms with Crippen LogP contribution in [0.15, 0.2) is 23.1 Å². The zero-order valence-corrected chi connectivity index (χ0v) is 10.8. The van der Waals surface area contributed by atoms with Crippen LogP contribution in [0.3, 0.4) is 0 Å². The lowest BCUT2D eigenvalue weighted by Gasteiger charge is -2.07. The van der Waals surface area contributed by atoms with Crippen molar-refractivity contribution in [1.29, 1.82) is 0 Å². The third-order valence-electron chi connectivity index (χ3n) is 2.86.